The molecule has 4 aromatic rings. The van der Waals surface area contributed by atoms with E-state index < -0.39 is 0 Å². The number of fused-ring (bicyclic) bond motifs is 1. The zero-order chi connectivity index (χ0) is 20.1. The summed E-state index contributed by atoms with van der Waals surface area (Å²) in [5.41, 5.74) is 5.18. The van der Waals surface area contributed by atoms with Crippen LogP contribution in [0, 0.1) is 0 Å². The molecule has 0 bridgehead atoms. The van der Waals surface area contributed by atoms with Crippen molar-refractivity contribution in [1.29, 1.82) is 0 Å². The largest absolute Gasteiger partial charge is 0.342 e. The maximum Gasteiger partial charge on any atom is 0.231 e. The maximum atomic E-state index is 12.7. The van der Waals surface area contributed by atoms with Crippen LogP contribution in [0.1, 0.15) is 36.2 Å². The van der Waals surface area contributed by atoms with Gasteiger partial charge in [-0.1, -0.05) is 61.5 Å². The molecule has 0 spiro atoms. The lowest BCUT2D eigenvalue weighted by molar-refractivity contribution is -0.117. The Kier molecular flexibility index (Phi) is 5.71. The minimum Gasteiger partial charge on any atom is -0.342 e. The molecule has 29 heavy (non-hydrogen) atoms. The van der Waals surface area contributed by atoms with E-state index in [1.165, 1.54) is 5.56 Å². The maximum absolute atomic E-state index is 12.7. The van der Waals surface area contributed by atoms with Gasteiger partial charge >= 0.3 is 0 Å². The lowest BCUT2D eigenvalue weighted by atomic mass is 9.95. The molecule has 1 aromatic heterocycles. The summed E-state index contributed by atoms with van der Waals surface area (Å²) in [6.07, 6.45) is 2.52. The van der Waals surface area contributed by atoms with Crippen molar-refractivity contribution >= 4 is 22.6 Å². The molecule has 146 valence electrons. The highest BCUT2D eigenvalue weighted by molar-refractivity contribution is 5.95. The lowest BCUT2D eigenvalue weighted by Gasteiger charge is -2.15. The van der Waals surface area contributed by atoms with Crippen molar-refractivity contribution < 1.29 is 4.79 Å². The van der Waals surface area contributed by atoms with E-state index in [0.29, 0.717) is 0 Å². The normalized spacial score (nSPS) is 12.0. The van der Waals surface area contributed by atoms with Gasteiger partial charge in [0.05, 0.1) is 17.0 Å². The van der Waals surface area contributed by atoms with E-state index in [4.69, 9.17) is 0 Å². The number of carbonyl (C=O) groups is 1. The van der Waals surface area contributed by atoms with Crippen LogP contribution < -0.4 is 5.32 Å². The molecule has 0 saturated carbocycles. The van der Waals surface area contributed by atoms with Gasteiger partial charge in [0.25, 0.3) is 0 Å². The predicted molar refractivity (Wildman–Crippen MR) is 118 cm³/mol. The van der Waals surface area contributed by atoms with Gasteiger partial charge in [0.1, 0.15) is 5.82 Å². The summed E-state index contributed by atoms with van der Waals surface area (Å²) in [7, 11) is 0. The Bertz CT molecular complexity index is 1050. The second-order valence-corrected chi connectivity index (χ2v) is 7.26. The van der Waals surface area contributed by atoms with E-state index in [9.17, 15) is 4.79 Å². The van der Waals surface area contributed by atoms with Crippen LogP contribution in [0.4, 0.5) is 5.69 Å². The van der Waals surface area contributed by atoms with Crippen molar-refractivity contribution in [2.75, 3.05) is 5.32 Å². The van der Waals surface area contributed by atoms with Crippen molar-refractivity contribution in [3.8, 4) is 0 Å². The molecule has 1 amide bonds. The van der Waals surface area contributed by atoms with Gasteiger partial charge in [-0.05, 0) is 48.2 Å². The smallest absolute Gasteiger partial charge is 0.231 e. The standard InChI is InChI=1S/C25H25N3O/c1-2-21(19-8-4-3-5-9-19)25(29)26-20-15-12-18(13-16-20)14-17-24-27-22-10-6-7-11-23(22)28-24/h3-13,15-16,21H,2,14,17H2,1H3,(H,26,29)(H,27,28)/t21-/m1/s1. The first-order valence-electron chi connectivity index (χ1n) is 10.1. The number of aryl methyl sites for hydroxylation is 2. The molecule has 4 rings (SSSR count). The van der Waals surface area contributed by atoms with Crippen LogP contribution in [0.5, 0.6) is 0 Å². The molecule has 0 aliphatic heterocycles. The molecule has 0 radical (unpaired) electrons. The van der Waals surface area contributed by atoms with Crippen LogP contribution in [0.3, 0.4) is 0 Å². The number of amides is 1. The number of rotatable bonds is 7. The zero-order valence-corrected chi connectivity index (χ0v) is 16.6. The summed E-state index contributed by atoms with van der Waals surface area (Å²) >= 11 is 0. The first-order valence-corrected chi connectivity index (χ1v) is 10.1. The number of anilines is 1. The van der Waals surface area contributed by atoms with Gasteiger partial charge in [-0.3, -0.25) is 4.79 Å². The zero-order valence-electron chi connectivity index (χ0n) is 16.6. The number of benzene rings is 3. The lowest BCUT2D eigenvalue weighted by Crippen LogP contribution is -2.20. The van der Waals surface area contributed by atoms with Gasteiger partial charge in [-0.15, -0.1) is 0 Å². The number of nitrogens with zero attached hydrogens (tertiary/aromatic N) is 1. The van der Waals surface area contributed by atoms with Gasteiger partial charge in [0.2, 0.25) is 5.91 Å². The Morgan fingerprint density at radius 2 is 1.66 bits per heavy atom. The SMILES string of the molecule is CC[C@@H](C(=O)Nc1ccc(CCc2nc3ccccc3[nH]2)cc1)c1ccccc1. The molecule has 0 unspecified atom stereocenters. The van der Waals surface area contributed by atoms with E-state index in [2.05, 4.69) is 27.4 Å². The van der Waals surface area contributed by atoms with Crippen molar-refractivity contribution in [1.82, 2.24) is 9.97 Å². The summed E-state index contributed by atoms with van der Waals surface area (Å²) in [6, 6.07) is 26.1. The van der Waals surface area contributed by atoms with Crippen LogP contribution in [-0.2, 0) is 17.6 Å². The molecular weight excluding hydrogens is 358 g/mol. The molecule has 4 nitrogen and oxygen atoms in total. The Hall–Kier alpha value is -3.40. The number of hydrogen-bond donors (Lipinski definition) is 2. The minimum atomic E-state index is -0.135. The number of H-pyrrole nitrogens is 1. The fourth-order valence-corrected chi connectivity index (χ4v) is 3.63. The Morgan fingerprint density at radius 1 is 0.931 bits per heavy atom. The topological polar surface area (TPSA) is 57.8 Å². The highest BCUT2D eigenvalue weighted by Gasteiger charge is 2.18. The van der Waals surface area contributed by atoms with Crippen LogP contribution >= 0.6 is 0 Å². The van der Waals surface area contributed by atoms with Gasteiger partial charge in [-0.2, -0.15) is 0 Å². The molecule has 0 aliphatic rings. The van der Waals surface area contributed by atoms with E-state index in [0.717, 1.165) is 47.4 Å². The number of aromatic amines is 1. The molecule has 0 aliphatic carbocycles. The van der Waals surface area contributed by atoms with E-state index in [-0.39, 0.29) is 11.8 Å². The van der Waals surface area contributed by atoms with E-state index in [1.54, 1.807) is 0 Å². The molecule has 4 heteroatoms. The predicted octanol–water partition coefficient (Wildman–Crippen LogP) is 5.48. The van der Waals surface area contributed by atoms with Crippen molar-refractivity contribution in [3.05, 3.63) is 95.8 Å². The first-order chi connectivity index (χ1) is 14.2. The van der Waals surface area contributed by atoms with E-state index >= 15 is 0 Å². The van der Waals surface area contributed by atoms with Gasteiger partial charge < -0.3 is 10.3 Å². The Balaban J connectivity index is 1.36. The number of imidazole rings is 1. The second kappa shape index (κ2) is 8.74. The molecule has 2 N–H and O–H groups in total. The highest BCUT2D eigenvalue weighted by atomic mass is 16.1. The van der Waals surface area contributed by atoms with Crippen LogP contribution in [0.25, 0.3) is 11.0 Å². The van der Waals surface area contributed by atoms with Gasteiger partial charge in [-0.25, -0.2) is 4.98 Å². The van der Waals surface area contributed by atoms with Crippen molar-refractivity contribution in [2.45, 2.75) is 32.1 Å². The molecular formula is C25H25N3O. The molecule has 1 atom stereocenters. The average Bonchev–Trinajstić information content (AvgIpc) is 3.18. The number of para-hydroxylation sites is 2. The summed E-state index contributed by atoms with van der Waals surface area (Å²) in [4.78, 5) is 20.7. The Morgan fingerprint density at radius 3 is 2.38 bits per heavy atom. The minimum absolute atomic E-state index is 0.0359. The Labute approximate surface area is 171 Å². The first kappa shape index (κ1) is 18.9. The average molecular weight is 383 g/mol. The summed E-state index contributed by atoms with van der Waals surface area (Å²) in [5, 5.41) is 3.05. The van der Waals surface area contributed by atoms with Crippen LogP contribution in [0.2, 0.25) is 0 Å². The molecule has 0 saturated heterocycles. The molecule has 1 heterocycles. The van der Waals surface area contributed by atoms with Gasteiger partial charge in [0.15, 0.2) is 0 Å². The summed E-state index contributed by atoms with van der Waals surface area (Å²) in [5.74, 6) is 0.898. The number of carbonyl (C=O) groups excluding carboxylic acids is 1. The van der Waals surface area contributed by atoms with Crippen LogP contribution in [0.15, 0.2) is 78.9 Å². The quantitative estimate of drug-likeness (QED) is 0.444. The third kappa shape index (κ3) is 4.54. The third-order valence-electron chi connectivity index (χ3n) is 5.24. The fourth-order valence-electron chi connectivity index (χ4n) is 3.63. The van der Waals surface area contributed by atoms with Crippen molar-refractivity contribution in [3.63, 3.8) is 0 Å². The van der Waals surface area contributed by atoms with Crippen LogP contribution in [-0.4, -0.2) is 15.9 Å². The number of aromatic nitrogens is 2. The monoisotopic (exact) mass is 383 g/mol. The number of nitrogens with one attached hydrogen (secondary N) is 2. The third-order valence-corrected chi connectivity index (χ3v) is 5.24. The molecule has 0 fully saturated rings. The highest BCUT2D eigenvalue weighted by Crippen LogP contribution is 2.22. The number of hydrogen-bond acceptors (Lipinski definition) is 2. The fraction of sp³-hybridized carbons (Fsp3) is 0.200. The van der Waals surface area contributed by atoms with E-state index in [1.807, 2.05) is 73.7 Å². The van der Waals surface area contributed by atoms with Gasteiger partial charge in [0, 0.05) is 12.1 Å². The summed E-state index contributed by atoms with van der Waals surface area (Å²) in [6.45, 7) is 2.04. The molecule has 3 aromatic carbocycles. The summed E-state index contributed by atoms with van der Waals surface area (Å²) < 4.78 is 0. The van der Waals surface area contributed by atoms with Crippen molar-refractivity contribution in [2.24, 2.45) is 0 Å². The second-order valence-electron chi connectivity index (χ2n) is 7.26.